The van der Waals surface area contributed by atoms with Gasteiger partial charge in [-0.1, -0.05) is 11.6 Å². The third kappa shape index (κ3) is 3.22. The molecule has 2 aliphatic rings. The molecule has 1 atom stereocenters. The fourth-order valence-electron chi connectivity index (χ4n) is 4.93. The Bertz CT molecular complexity index is 1300. The number of benzene rings is 2. The van der Waals surface area contributed by atoms with E-state index in [4.69, 9.17) is 0 Å². The number of imide groups is 1. The summed E-state index contributed by atoms with van der Waals surface area (Å²) in [6.45, 7) is 7.57. The van der Waals surface area contributed by atoms with Crippen LogP contribution in [-0.2, 0) is 12.8 Å². The lowest BCUT2D eigenvalue weighted by Gasteiger charge is -2.29. The quantitative estimate of drug-likeness (QED) is 0.600. The third-order valence-corrected chi connectivity index (χ3v) is 6.50. The topological polar surface area (TPSA) is 82.3 Å². The lowest BCUT2D eigenvalue weighted by atomic mass is 9.91. The number of amides is 3. The number of carbonyl (C=O) groups is 3. The van der Waals surface area contributed by atoms with Gasteiger partial charge in [0.05, 0.1) is 11.1 Å². The summed E-state index contributed by atoms with van der Waals surface area (Å²) in [5.41, 5.74) is 5.34. The van der Waals surface area contributed by atoms with Crippen LogP contribution < -0.4 is 5.32 Å². The second-order valence-electron chi connectivity index (χ2n) is 9.92. The fourth-order valence-corrected chi connectivity index (χ4v) is 4.93. The highest BCUT2D eigenvalue weighted by molar-refractivity contribution is 6.22. The minimum Gasteiger partial charge on any atom is -0.358 e. The van der Waals surface area contributed by atoms with Gasteiger partial charge in [-0.2, -0.15) is 0 Å². The van der Waals surface area contributed by atoms with E-state index in [2.05, 4.69) is 35.4 Å². The van der Waals surface area contributed by atoms with Crippen LogP contribution in [0.2, 0.25) is 0 Å². The smallest absolute Gasteiger partial charge is 0.262 e. The molecular weight excluding hydrogens is 402 g/mol. The van der Waals surface area contributed by atoms with Crippen molar-refractivity contribution in [2.24, 2.45) is 0 Å². The largest absolute Gasteiger partial charge is 0.358 e. The number of H-pyrrole nitrogens is 1. The molecule has 0 radical (unpaired) electrons. The summed E-state index contributed by atoms with van der Waals surface area (Å²) in [5, 5.41) is 4.39. The van der Waals surface area contributed by atoms with E-state index in [1.807, 2.05) is 20.8 Å². The highest BCUT2D eigenvalue weighted by Gasteiger charge is 2.42. The van der Waals surface area contributed by atoms with Crippen molar-refractivity contribution in [2.45, 2.75) is 58.5 Å². The molecule has 0 saturated heterocycles. The zero-order chi connectivity index (χ0) is 22.8. The molecule has 1 aliphatic heterocycles. The van der Waals surface area contributed by atoms with Gasteiger partial charge in [0.2, 0.25) is 0 Å². The number of nitrogens with zero attached hydrogens (tertiary/aromatic N) is 1. The Hall–Kier alpha value is -3.41. The van der Waals surface area contributed by atoms with Gasteiger partial charge in [0.1, 0.15) is 0 Å². The number of nitrogens with one attached hydrogen (secondary N) is 2. The second kappa shape index (κ2) is 7.05. The molecule has 3 aromatic rings. The van der Waals surface area contributed by atoms with Crippen molar-refractivity contribution in [3.8, 4) is 0 Å². The molecule has 6 nitrogen and oxygen atoms in total. The Labute approximate surface area is 187 Å². The number of rotatable bonds is 2. The van der Waals surface area contributed by atoms with E-state index in [1.54, 1.807) is 18.2 Å². The zero-order valence-corrected chi connectivity index (χ0v) is 18.8. The van der Waals surface area contributed by atoms with Crippen LogP contribution >= 0.6 is 0 Å². The Kier molecular flexibility index (Phi) is 4.52. The standard InChI is InChI=1S/C26H27N3O3/c1-14-5-10-21-19(11-14)17-9-7-16(13-22(17)28-21)27-23(30)15-6-8-18-20(12-15)25(32)29(24(18)31)26(2,3)4/h5-6,8,10-12,16,28H,7,9,13H2,1-4H3,(H,27,30). The molecule has 1 aliphatic carbocycles. The summed E-state index contributed by atoms with van der Waals surface area (Å²) in [6.07, 6.45) is 2.51. The SMILES string of the molecule is Cc1ccc2[nH]c3c(c2c1)CCC(NC(=O)c1ccc2c(c1)C(=O)N(C(C)(C)C)C2=O)C3. The molecule has 0 fully saturated rings. The van der Waals surface area contributed by atoms with Crippen molar-refractivity contribution in [2.75, 3.05) is 0 Å². The highest BCUT2D eigenvalue weighted by Crippen LogP contribution is 2.31. The molecule has 0 spiro atoms. The Morgan fingerprint density at radius 3 is 2.56 bits per heavy atom. The van der Waals surface area contributed by atoms with Crippen molar-refractivity contribution in [1.29, 1.82) is 0 Å². The second-order valence-corrected chi connectivity index (χ2v) is 9.92. The molecule has 164 valence electrons. The lowest BCUT2D eigenvalue weighted by molar-refractivity contribution is 0.0507. The number of fused-ring (bicyclic) bond motifs is 4. The van der Waals surface area contributed by atoms with Crippen molar-refractivity contribution < 1.29 is 14.4 Å². The van der Waals surface area contributed by atoms with E-state index in [1.165, 1.54) is 27.1 Å². The molecule has 32 heavy (non-hydrogen) atoms. The van der Waals surface area contributed by atoms with Gasteiger partial charge in [0, 0.05) is 40.2 Å². The van der Waals surface area contributed by atoms with Gasteiger partial charge in [-0.15, -0.1) is 0 Å². The number of aromatic nitrogens is 1. The molecular formula is C26H27N3O3. The van der Waals surface area contributed by atoms with E-state index in [0.29, 0.717) is 16.7 Å². The van der Waals surface area contributed by atoms with Gasteiger partial charge in [-0.25, -0.2) is 0 Å². The molecule has 1 unspecified atom stereocenters. The summed E-state index contributed by atoms with van der Waals surface area (Å²) in [7, 11) is 0. The average molecular weight is 430 g/mol. The Balaban J connectivity index is 1.35. The molecule has 5 rings (SSSR count). The van der Waals surface area contributed by atoms with Crippen molar-refractivity contribution in [1.82, 2.24) is 15.2 Å². The Morgan fingerprint density at radius 2 is 1.81 bits per heavy atom. The molecule has 2 N–H and O–H groups in total. The maximum Gasteiger partial charge on any atom is 0.262 e. The highest BCUT2D eigenvalue weighted by atomic mass is 16.2. The zero-order valence-electron chi connectivity index (χ0n) is 18.8. The predicted octanol–water partition coefficient (Wildman–Crippen LogP) is 4.16. The van der Waals surface area contributed by atoms with Crippen LogP contribution in [0.15, 0.2) is 36.4 Å². The third-order valence-electron chi connectivity index (χ3n) is 6.50. The number of hydrogen-bond donors (Lipinski definition) is 2. The minimum atomic E-state index is -0.618. The van der Waals surface area contributed by atoms with Crippen LogP contribution in [0.1, 0.15) is 75.1 Å². The molecule has 6 heteroatoms. The maximum atomic E-state index is 13.0. The molecule has 3 amide bonds. The average Bonchev–Trinajstić information content (AvgIpc) is 3.21. The first-order valence-electron chi connectivity index (χ1n) is 11.1. The normalized spacial score (nSPS) is 18.1. The van der Waals surface area contributed by atoms with Crippen LogP contribution in [0.4, 0.5) is 0 Å². The van der Waals surface area contributed by atoms with Crippen molar-refractivity contribution >= 4 is 28.6 Å². The number of aryl methyl sites for hydroxylation is 2. The first-order chi connectivity index (χ1) is 15.1. The van der Waals surface area contributed by atoms with Gasteiger partial charge in [-0.05, 0) is 76.4 Å². The molecule has 0 bridgehead atoms. The van der Waals surface area contributed by atoms with Gasteiger partial charge in [0.15, 0.2) is 0 Å². The number of carbonyl (C=O) groups excluding carboxylic acids is 3. The van der Waals surface area contributed by atoms with Crippen LogP contribution in [0.5, 0.6) is 0 Å². The molecule has 0 saturated carbocycles. The summed E-state index contributed by atoms with van der Waals surface area (Å²) in [5.74, 6) is -0.871. The molecule has 2 aromatic carbocycles. The summed E-state index contributed by atoms with van der Waals surface area (Å²) in [6, 6.07) is 11.2. The number of hydrogen-bond acceptors (Lipinski definition) is 3. The Morgan fingerprint density at radius 1 is 1.06 bits per heavy atom. The van der Waals surface area contributed by atoms with Gasteiger partial charge < -0.3 is 10.3 Å². The van der Waals surface area contributed by atoms with E-state index >= 15 is 0 Å². The molecule has 1 aromatic heterocycles. The first kappa shape index (κ1) is 20.5. The van der Waals surface area contributed by atoms with Gasteiger partial charge in [-0.3, -0.25) is 19.3 Å². The van der Waals surface area contributed by atoms with Crippen LogP contribution in [0.3, 0.4) is 0 Å². The van der Waals surface area contributed by atoms with Crippen LogP contribution in [0, 0.1) is 6.92 Å². The van der Waals surface area contributed by atoms with E-state index in [0.717, 1.165) is 24.8 Å². The van der Waals surface area contributed by atoms with Gasteiger partial charge >= 0.3 is 0 Å². The minimum absolute atomic E-state index is 0.0146. The van der Waals surface area contributed by atoms with Crippen LogP contribution in [-0.4, -0.2) is 39.2 Å². The molecule has 2 heterocycles. The van der Waals surface area contributed by atoms with E-state index in [9.17, 15) is 14.4 Å². The fraction of sp³-hybridized carbons (Fsp3) is 0.346. The summed E-state index contributed by atoms with van der Waals surface area (Å²) < 4.78 is 0. The lowest BCUT2D eigenvalue weighted by Crippen LogP contribution is -2.45. The van der Waals surface area contributed by atoms with Crippen molar-refractivity contribution in [3.63, 3.8) is 0 Å². The number of aromatic amines is 1. The first-order valence-corrected chi connectivity index (χ1v) is 11.1. The van der Waals surface area contributed by atoms with E-state index < -0.39 is 5.54 Å². The predicted molar refractivity (Wildman–Crippen MR) is 123 cm³/mol. The maximum absolute atomic E-state index is 13.0. The summed E-state index contributed by atoms with van der Waals surface area (Å²) >= 11 is 0. The van der Waals surface area contributed by atoms with Crippen molar-refractivity contribution in [3.05, 3.63) is 69.9 Å². The van der Waals surface area contributed by atoms with Gasteiger partial charge in [0.25, 0.3) is 17.7 Å². The summed E-state index contributed by atoms with van der Waals surface area (Å²) in [4.78, 5) is 43.3. The van der Waals surface area contributed by atoms with E-state index in [-0.39, 0.29) is 23.8 Å². The van der Waals surface area contributed by atoms with Crippen LogP contribution in [0.25, 0.3) is 10.9 Å². The monoisotopic (exact) mass is 429 g/mol.